The van der Waals surface area contributed by atoms with E-state index < -0.39 is 5.60 Å². The van der Waals surface area contributed by atoms with Crippen LogP contribution in [-0.4, -0.2) is 30.0 Å². The van der Waals surface area contributed by atoms with Crippen molar-refractivity contribution < 1.29 is 9.53 Å². The number of hydrogen-bond acceptors (Lipinski definition) is 2. The number of amides is 1. The largest absolute Gasteiger partial charge is 0.478 e. The zero-order valence-electron chi connectivity index (χ0n) is 15.6. The molecule has 3 heteroatoms. The van der Waals surface area contributed by atoms with Gasteiger partial charge in [-0.2, -0.15) is 0 Å². The first-order valence-electron chi connectivity index (χ1n) is 8.23. The van der Waals surface area contributed by atoms with Gasteiger partial charge in [0.2, 0.25) is 0 Å². The van der Waals surface area contributed by atoms with Crippen LogP contribution in [0.15, 0.2) is 24.3 Å². The standard InChI is InChI=1S/C17H27NO2.C2H6/c1-13(2)11-12-18(6)16(19)17(4,5)20-15-9-7-14(3)8-10-15;1-2/h7-10,13H,11-12H2,1-6H3;1-2H3. The van der Waals surface area contributed by atoms with Gasteiger partial charge in [-0.25, -0.2) is 0 Å². The van der Waals surface area contributed by atoms with E-state index in [0.717, 1.165) is 18.7 Å². The van der Waals surface area contributed by atoms with Crippen molar-refractivity contribution in [3.05, 3.63) is 29.8 Å². The Labute approximate surface area is 136 Å². The molecule has 22 heavy (non-hydrogen) atoms. The SMILES string of the molecule is CC.Cc1ccc(OC(C)(C)C(=O)N(C)CCC(C)C)cc1. The van der Waals surface area contributed by atoms with Crippen LogP contribution >= 0.6 is 0 Å². The zero-order valence-corrected chi connectivity index (χ0v) is 15.6. The fraction of sp³-hybridized carbons (Fsp3) is 0.632. The van der Waals surface area contributed by atoms with E-state index in [0.29, 0.717) is 5.92 Å². The Morgan fingerprint density at radius 3 is 2.14 bits per heavy atom. The van der Waals surface area contributed by atoms with Crippen LogP contribution in [0.4, 0.5) is 0 Å². The number of likely N-dealkylation sites (N-methyl/N-ethyl adjacent to an activating group) is 1. The highest BCUT2D eigenvalue weighted by molar-refractivity contribution is 5.84. The number of aryl methyl sites for hydroxylation is 1. The van der Waals surface area contributed by atoms with Crippen molar-refractivity contribution in [2.45, 2.75) is 60.5 Å². The van der Waals surface area contributed by atoms with Crippen LogP contribution in [-0.2, 0) is 4.79 Å². The quantitative estimate of drug-likeness (QED) is 0.763. The van der Waals surface area contributed by atoms with E-state index in [2.05, 4.69) is 13.8 Å². The maximum Gasteiger partial charge on any atom is 0.265 e. The molecule has 0 bridgehead atoms. The van der Waals surface area contributed by atoms with E-state index >= 15 is 0 Å². The monoisotopic (exact) mass is 307 g/mol. The van der Waals surface area contributed by atoms with Gasteiger partial charge in [-0.3, -0.25) is 4.79 Å². The highest BCUT2D eigenvalue weighted by atomic mass is 16.5. The summed E-state index contributed by atoms with van der Waals surface area (Å²) in [6.07, 6.45) is 1.00. The van der Waals surface area contributed by atoms with Crippen molar-refractivity contribution in [3.8, 4) is 5.75 Å². The molecule has 1 rings (SSSR count). The van der Waals surface area contributed by atoms with Crippen molar-refractivity contribution in [3.63, 3.8) is 0 Å². The summed E-state index contributed by atoms with van der Waals surface area (Å²) >= 11 is 0. The number of rotatable bonds is 6. The Hall–Kier alpha value is -1.51. The summed E-state index contributed by atoms with van der Waals surface area (Å²) in [5.74, 6) is 1.33. The second kappa shape index (κ2) is 9.50. The highest BCUT2D eigenvalue weighted by Crippen LogP contribution is 2.20. The molecule has 0 heterocycles. The fourth-order valence-electron chi connectivity index (χ4n) is 1.96. The summed E-state index contributed by atoms with van der Waals surface area (Å²) in [5, 5.41) is 0. The minimum absolute atomic E-state index is 0.0127. The van der Waals surface area contributed by atoms with E-state index in [-0.39, 0.29) is 5.91 Å². The topological polar surface area (TPSA) is 29.5 Å². The van der Waals surface area contributed by atoms with Crippen molar-refractivity contribution in [1.29, 1.82) is 0 Å². The van der Waals surface area contributed by atoms with Gasteiger partial charge in [0.05, 0.1) is 0 Å². The van der Waals surface area contributed by atoms with Gasteiger partial charge < -0.3 is 9.64 Å². The van der Waals surface area contributed by atoms with Crippen LogP contribution < -0.4 is 4.74 Å². The number of carbonyl (C=O) groups is 1. The van der Waals surface area contributed by atoms with Crippen molar-refractivity contribution in [2.75, 3.05) is 13.6 Å². The van der Waals surface area contributed by atoms with Gasteiger partial charge in [0, 0.05) is 13.6 Å². The molecule has 0 aliphatic heterocycles. The Balaban J connectivity index is 0.00000211. The fourth-order valence-corrected chi connectivity index (χ4v) is 1.96. The first-order chi connectivity index (χ1) is 10.2. The Morgan fingerprint density at radius 1 is 1.18 bits per heavy atom. The average molecular weight is 307 g/mol. The van der Waals surface area contributed by atoms with Gasteiger partial charge in [0.25, 0.3) is 5.91 Å². The summed E-state index contributed by atoms with van der Waals surface area (Å²) in [6.45, 7) is 14.7. The van der Waals surface area contributed by atoms with Gasteiger partial charge in [0.1, 0.15) is 5.75 Å². The lowest BCUT2D eigenvalue weighted by Crippen LogP contribution is -2.47. The molecule has 0 N–H and O–H groups in total. The van der Waals surface area contributed by atoms with Crippen molar-refractivity contribution in [1.82, 2.24) is 4.90 Å². The second-order valence-corrected chi connectivity index (χ2v) is 6.33. The van der Waals surface area contributed by atoms with E-state index in [1.54, 1.807) is 4.90 Å². The van der Waals surface area contributed by atoms with Gasteiger partial charge in [-0.1, -0.05) is 45.4 Å². The average Bonchev–Trinajstić information content (AvgIpc) is 2.48. The first-order valence-corrected chi connectivity index (χ1v) is 8.23. The third-order valence-corrected chi connectivity index (χ3v) is 3.30. The van der Waals surface area contributed by atoms with E-state index in [1.807, 2.05) is 65.9 Å². The maximum absolute atomic E-state index is 12.4. The van der Waals surface area contributed by atoms with E-state index in [1.165, 1.54) is 5.56 Å². The predicted molar refractivity (Wildman–Crippen MR) is 94.3 cm³/mol. The maximum atomic E-state index is 12.4. The lowest BCUT2D eigenvalue weighted by atomic mass is 10.1. The predicted octanol–water partition coefficient (Wildman–Crippen LogP) is 4.68. The molecular weight excluding hydrogens is 274 g/mol. The molecule has 0 saturated heterocycles. The number of nitrogens with zero attached hydrogens (tertiary/aromatic N) is 1. The number of hydrogen-bond donors (Lipinski definition) is 0. The molecule has 0 unspecified atom stereocenters. The normalized spacial score (nSPS) is 10.8. The molecule has 0 aliphatic rings. The summed E-state index contributed by atoms with van der Waals surface area (Å²) in [6, 6.07) is 7.77. The zero-order chi connectivity index (χ0) is 17.3. The minimum atomic E-state index is -0.846. The number of benzene rings is 1. The van der Waals surface area contributed by atoms with Crippen LogP contribution in [0, 0.1) is 12.8 Å². The van der Waals surface area contributed by atoms with Gasteiger partial charge in [-0.05, 0) is 45.2 Å². The van der Waals surface area contributed by atoms with Gasteiger partial charge >= 0.3 is 0 Å². The molecule has 0 aliphatic carbocycles. The third kappa shape index (κ3) is 6.97. The van der Waals surface area contributed by atoms with Gasteiger partial charge in [0.15, 0.2) is 5.60 Å². The Bertz CT molecular complexity index is 435. The summed E-state index contributed by atoms with van der Waals surface area (Å²) in [4.78, 5) is 14.2. The molecular formula is C19H33NO2. The molecule has 0 fully saturated rings. The van der Waals surface area contributed by atoms with E-state index in [9.17, 15) is 4.79 Å². The number of ether oxygens (including phenoxy) is 1. The molecule has 0 spiro atoms. The molecule has 1 amide bonds. The Kier molecular flexibility index (Phi) is 8.84. The molecule has 1 aromatic rings. The highest BCUT2D eigenvalue weighted by Gasteiger charge is 2.32. The Morgan fingerprint density at radius 2 is 1.68 bits per heavy atom. The third-order valence-electron chi connectivity index (χ3n) is 3.30. The lowest BCUT2D eigenvalue weighted by molar-refractivity contribution is -0.144. The first kappa shape index (κ1) is 20.5. The molecule has 3 nitrogen and oxygen atoms in total. The van der Waals surface area contributed by atoms with Crippen LogP contribution in [0.3, 0.4) is 0 Å². The van der Waals surface area contributed by atoms with Crippen molar-refractivity contribution in [2.24, 2.45) is 5.92 Å². The molecule has 0 radical (unpaired) electrons. The van der Waals surface area contributed by atoms with Crippen LogP contribution in [0.1, 0.15) is 53.5 Å². The van der Waals surface area contributed by atoms with Gasteiger partial charge in [-0.15, -0.1) is 0 Å². The van der Waals surface area contributed by atoms with Crippen LogP contribution in [0.25, 0.3) is 0 Å². The lowest BCUT2D eigenvalue weighted by Gasteiger charge is -2.30. The minimum Gasteiger partial charge on any atom is -0.478 e. The summed E-state index contributed by atoms with van der Waals surface area (Å²) in [5.41, 5.74) is 0.330. The molecule has 0 atom stereocenters. The number of carbonyl (C=O) groups excluding carboxylic acids is 1. The molecule has 0 aromatic heterocycles. The second-order valence-electron chi connectivity index (χ2n) is 6.33. The molecule has 1 aromatic carbocycles. The van der Waals surface area contributed by atoms with E-state index in [4.69, 9.17) is 4.74 Å². The summed E-state index contributed by atoms with van der Waals surface area (Å²) < 4.78 is 5.86. The van der Waals surface area contributed by atoms with Crippen molar-refractivity contribution >= 4 is 5.91 Å². The van der Waals surface area contributed by atoms with Crippen LogP contribution in [0.2, 0.25) is 0 Å². The summed E-state index contributed by atoms with van der Waals surface area (Å²) in [7, 11) is 1.84. The molecule has 0 saturated carbocycles. The smallest absolute Gasteiger partial charge is 0.265 e. The molecule has 126 valence electrons. The van der Waals surface area contributed by atoms with Crippen LogP contribution in [0.5, 0.6) is 5.75 Å².